The van der Waals surface area contributed by atoms with Crippen molar-refractivity contribution in [1.82, 2.24) is 4.98 Å². The van der Waals surface area contributed by atoms with E-state index in [1.54, 1.807) is 27.0 Å². The number of oxazole rings is 1. The van der Waals surface area contributed by atoms with Gasteiger partial charge in [0.25, 0.3) is 0 Å². The third-order valence-electron chi connectivity index (χ3n) is 13.2. The zero-order valence-electron chi connectivity index (χ0n) is 35.7. The molecule has 3 unspecified atom stereocenters. The molecule has 56 heavy (non-hydrogen) atoms. The molecule has 1 spiro atoms. The predicted octanol–water partition coefficient (Wildman–Crippen LogP) is 7.76. The maximum atomic E-state index is 12.4. The van der Waals surface area contributed by atoms with Crippen molar-refractivity contribution in [2.45, 2.75) is 181 Å². The average Bonchev–Trinajstić information content (AvgIpc) is 3.68. The quantitative estimate of drug-likeness (QED) is 0.0711. The minimum atomic E-state index is -5.07. The van der Waals surface area contributed by atoms with Crippen LogP contribution in [0.3, 0.4) is 0 Å². The number of nitrogens with zero attached hydrogens (tertiary/aromatic N) is 2. The van der Waals surface area contributed by atoms with Gasteiger partial charge in [0.15, 0.2) is 11.7 Å². The van der Waals surface area contributed by atoms with Crippen molar-refractivity contribution in [1.29, 1.82) is 5.26 Å². The topological polar surface area (TPSA) is 205 Å². The fraction of sp³-hybridized carbons (Fsp3) is 0.857. The lowest BCUT2D eigenvalue weighted by Crippen LogP contribution is -2.58. The highest BCUT2D eigenvalue weighted by molar-refractivity contribution is 7.46. The molecule has 1 aromatic heterocycles. The number of methoxy groups -OCH3 is 1. The molecule has 15 atom stereocenters. The van der Waals surface area contributed by atoms with Crippen molar-refractivity contribution in [3.05, 3.63) is 23.9 Å². The van der Waals surface area contributed by atoms with E-state index in [0.29, 0.717) is 42.2 Å². The van der Waals surface area contributed by atoms with Crippen molar-refractivity contribution in [2.75, 3.05) is 7.11 Å². The third kappa shape index (κ3) is 12.4. The van der Waals surface area contributed by atoms with Gasteiger partial charge in [0, 0.05) is 49.5 Å². The number of phosphoric acid groups is 1. The first-order chi connectivity index (χ1) is 26.1. The maximum absolute atomic E-state index is 12.4. The Morgan fingerprint density at radius 3 is 2.36 bits per heavy atom. The summed E-state index contributed by atoms with van der Waals surface area (Å²) in [5.41, 5.74) is -0.541. The maximum Gasteiger partial charge on any atom is 0.469 e. The Bertz CT molecular complexity index is 1460. The Kier molecular flexibility index (Phi) is 18.3. The van der Waals surface area contributed by atoms with E-state index in [9.17, 15) is 29.7 Å². The average molecular weight is 813 g/mol. The molecule has 322 valence electrons. The lowest BCUT2D eigenvalue weighted by molar-refractivity contribution is -0.334. The molecule has 0 radical (unpaired) electrons. The van der Waals surface area contributed by atoms with Crippen LogP contribution < -0.4 is 0 Å². The van der Waals surface area contributed by atoms with E-state index in [1.165, 1.54) is 7.11 Å². The SMILES string of the molecule is CC[C@H](C)c1nc(/C=C/C[C@@H]2O[C@]3(C[C@@H](O)[C@@H]2C)O[C@H]([C@H](C[C@H](O)[C@H](C)[C@H](O)[C@H](C)CC(C)C(C)CCCC(C)CC#N)OC)[C@H](OP(=O)(O)O)C3(C)C)co1. The molecule has 0 aliphatic carbocycles. The summed E-state index contributed by atoms with van der Waals surface area (Å²) in [7, 11) is -3.63. The fourth-order valence-electron chi connectivity index (χ4n) is 8.49. The summed E-state index contributed by atoms with van der Waals surface area (Å²) < 4.78 is 42.9. The summed E-state index contributed by atoms with van der Waals surface area (Å²) in [5, 5.41) is 43.4. The van der Waals surface area contributed by atoms with Crippen molar-refractivity contribution < 1.29 is 52.8 Å². The second-order valence-corrected chi connectivity index (χ2v) is 19.1. The van der Waals surface area contributed by atoms with E-state index >= 15 is 0 Å². The first kappa shape index (κ1) is 48.7. The fourth-order valence-corrected chi connectivity index (χ4v) is 9.17. The lowest BCUT2D eigenvalue weighted by Gasteiger charge is -2.50. The van der Waals surface area contributed by atoms with Crippen LogP contribution in [-0.2, 0) is 23.3 Å². The summed E-state index contributed by atoms with van der Waals surface area (Å²) >= 11 is 0. The Morgan fingerprint density at radius 2 is 1.75 bits per heavy atom. The van der Waals surface area contributed by atoms with E-state index < -0.39 is 67.7 Å². The van der Waals surface area contributed by atoms with E-state index in [4.69, 9.17) is 28.4 Å². The lowest BCUT2D eigenvalue weighted by atomic mass is 9.72. The molecule has 2 saturated heterocycles. The Balaban J connectivity index is 1.76. The number of hydrogen-bond donors (Lipinski definition) is 5. The summed E-state index contributed by atoms with van der Waals surface area (Å²) in [4.78, 5) is 24.7. The zero-order chi connectivity index (χ0) is 42.2. The van der Waals surface area contributed by atoms with Crippen molar-refractivity contribution >= 4 is 13.9 Å². The van der Waals surface area contributed by atoms with Gasteiger partial charge >= 0.3 is 7.82 Å². The number of rotatable bonds is 22. The number of nitriles is 1. The van der Waals surface area contributed by atoms with E-state index in [2.05, 4.69) is 38.7 Å². The van der Waals surface area contributed by atoms with Gasteiger partial charge < -0.3 is 43.7 Å². The Hall–Kier alpha value is -1.69. The molecule has 5 N–H and O–H groups in total. The molecule has 0 amide bonds. The molecule has 13 nitrogen and oxygen atoms in total. The molecule has 0 saturated carbocycles. The Labute approximate surface area is 335 Å². The molecule has 0 aromatic carbocycles. The minimum Gasteiger partial charge on any atom is -0.448 e. The van der Waals surface area contributed by atoms with Crippen LogP contribution in [0.5, 0.6) is 0 Å². The number of aliphatic hydroxyl groups is 3. The molecule has 14 heteroatoms. The second kappa shape index (κ2) is 21.0. The van der Waals surface area contributed by atoms with Crippen LogP contribution in [0.4, 0.5) is 0 Å². The zero-order valence-corrected chi connectivity index (χ0v) is 36.6. The van der Waals surface area contributed by atoms with Crippen LogP contribution in [-0.4, -0.2) is 85.7 Å². The highest BCUT2D eigenvalue weighted by Gasteiger charge is 2.68. The van der Waals surface area contributed by atoms with Gasteiger partial charge in [0.1, 0.15) is 24.2 Å². The summed E-state index contributed by atoms with van der Waals surface area (Å²) in [6.45, 7) is 19.8. The molecule has 3 heterocycles. The molecule has 1 aromatic rings. The van der Waals surface area contributed by atoms with Crippen molar-refractivity contribution in [3.63, 3.8) is 0 Å². The first-order valence-electron chi connectivity index (χ1n) is 20.8. The van der Waals surface area contributed by atoms with Gasteiger partial charge in [0.2, 0.25) is 0 Å². The predicted molar refractivity (Wildman–Crippen MR) is 214 cm³/mol. The highest BCUT2D eigenvalue weighted by Crippen LogP contribution is 2.59. The second-order valence-electron chi connectivity index (χ2n) is 17.9. The minimum absolute atomic E-state index is 0.0154. The standard InChI is InChI=1S/C42H73N2O11P/c1-12-26(3)40-44-32(24-52-40)17-14-18-35-30(7)34(46)23-42(53-35)41(9,10)39(55-56(48,49)50)38(54-42)36(51-11)22-33(45)31(8)37(47)29(6)21-28(5)27(4)16-13-15-25(2)19-20-43/h14,17,24-31,33-39,45-47H,12-13,15-16,18-19,21-23H2,1-11H3,(H2,48,49,50)/b17-14+/t25?,26-,27?,28?,29+,30-,31-,33-,34+,35-,36-,37+,38+,39-,42+/m0/s1. The first-order valence-corrected chi connectivity index (χ1v) is 22.3. The largest absolute Gasteiger partial charge is 0.469 e. The van der Waals surface area contributed by atoms with Gasteiger partial charge in [-0.1, -0.05) is 88.2 Å². The number of hydrogen-bond acceptors (Lipinski definition) is 11. The van der Waals surface area contributed by atoms with Gasteiger partial charge in [-0.2, -0.15) is 5.26 Å². The summed E-state index contributed by atoms with van der Waals surface area (Å²) in [6.07, 6.45) is 4.50. The van der Waals surface area contributed by atoms with Crippen LogP contribution in [0, 0.1) is 52.3 Å². The number of aliphatic hydroxyl groups excluding tert-OH is 3. The van der Waals surface area contributed by atoms with Gasteiger partial charge in [-0.05, 0) is 55.4 Å². The third-order valence-corrected chi connectivity index (χ3v) is 13.7. The molecule has 2 fully saturated rings. The molecule has 2 aliphatic heterocycles. The van der Waals surface area contributed by atoms with E-state index in [1.807, 2.05) is 32.9 Å². The van der Waals surface area contributed by atoms with Crippen LogP contribution in [0.1, 0.15) is 145 Å². The van der Waals surface area contributed by atoms with Gasteiger partial charge in [-0.25, -0.2) is 9.55 Å². The summed E-state index contributed by atoms with van der Waals surface area (Å²) in [5.74, 6) is -0.476. The molecule has 0 bridgehead atoms. The Morgan fingerprint density at radius 1 is 1.07 bits per heavy atom. The molecular formula is C42H73N2O11P. The van der Waals surface area contributed by atoms with Crippen LogP contribution >= 0.6 is 7.82 Å². The van der Waals surface area contributed by atoms with Crippen molar-refractivity contribution in [2.24, 2.45) is 40.9 Å². The normalized spacial score (nSPS) is 30.4. The van der Waals surface area contributed by atoms with Gasteiger partial charge in [-0.15, -0.1) is 0 Å². The van der Waals surface area contributed by atoms with Crippen molar-refractivity contribution in [3.8, 4) is 6.07 Å². The number of aromatic nitrogens is 1. The van der Waals surface area contributed by atoms with Crippen LogP contribution in [0.25, 0.3) is 6.08 Å². The van der Waals surface area contributed by atoms with Gasteiger partial charge in [0.05, 0.1) is 36.6 Å². The molecular weight excluding hydrogens is 739 g/mol. The molecule has 2 aliphatic rings. The highest BCUT2D eigenvalue weighted by atomic mass is 31.2. The molecule has 3 rings (SSSR count). The summed E-state index contributed by atoms with van der Waals surface area (Å²) in [6, 6.07) is 2.24. The number of phosphoric ester groups is 1. The number of ether oxygens (including phenoxy) is 3. The van der Waals surface area contributed by atoms with E-state index in [0.717, 1.165) is 32.1 Å². The van der Waals surface area contributed by atoms with Crippen LogP contribution in [0.15, 0.2) is 16.8 Å². The van der Waals surface area contributed by atoms with Gasteiger partial charge in [-0.3, -0.25) is 4.52 Å². The monoisotopic (exact) mass is 812 g/mol. The smallest absolute Gasteiger partial charge is 0.448 e. The van der Waals surface area contributed by atoms with E-state index in [-0.39, 0.29) is 30.6 Å². The van der Waals surface area contributed by atoms with Crippen LogP contribution in [0.2, 0.25) is 0 Å².